The van der Waals surface area contributed by atoms with Crippen LogP contribution in [-0.2, 0) is 6.42 Å². The lowest BCUT2D eigenvalue weighted by atomic mass is 10.1. The van der Waals surface area contributed by atoms with Crippen molar-refractivity contribution in [2.45, 2.75) is 12.5 Å². The Balaban J connectivity index is 2.15. The van der Waals surface area contributed by atoms with E-state index in [4.69, 9.17) is 23.2 Å². The Morgan fingerprint density at radius 3 is 2.65 bits per heavy atom. The third kappa shape index (κ3) is 3.46. The maximum Gasteiger partial charge on any atom is 0.0931 e. The minimum absolute atomic E-state index is 0.283. The molecule has 4 heteroatoms. The lowest BCUT2D eigenvalue weighted by molar-refractivity contribution is 0.602. The van der Waals surface area contributed by atoms with Gasteiger partial charge in [0.25, 0.3) is 0 Å². The van der Waals surface area contributed by atoms with Crippen molar-refractivity contribution in [1.82, 2.24) is 5.32 Å². The molecule has 0 radical (unpaired) electrons. The highest BCUT2D eigenvalue weighted by molar-refractivity contribution is 7.16. The van der Waals surface area contributed by atoms with E-state index in [0.29, 0.717) is 0 Å². The zero-order valence-electron chi connectivity index (χ0n) is 9.41. The van der Waals surface area contributed by atoms with E-state index in [0.717, 1.165) is 15.8 Å². The largest absolute Gasteiger partial charge is 0.312 e. The standard InChI is InChI=1S/C13H13Cl2NS/c1-16-11(12-5-6-13(15)17-12)8-9-3-2-4-10(14)7-9/h2-7,11,16H,8H2,1H3. The summed E-state index contributed by atoms with van der Waals surface area (Å²) in [4.78, 5) is 1.25. The van der Waals surface area contributed by atoms with Crippen LogP contribution < -0.4 is 5.32 Å². The predicted octanol–water partition coefficient (Wildman–Crippen LogP) is 4.56. The fourth-order valence-electron chi connectivity index (χ4n) is 1.76. The number of likely N-dealkylation sites (N-methyl/N-ethyl adjacent to an activating group) is 1. The Bertz CT molecular complexity index is 496. The molecular formula is C13H13Cl2NS. The van der Waals surface area contributed by atoms with Crippen LogP contribution >= 0.6 is 34.5 Å². The van der Waals surface area contributed by atoms with E-state index < -0.39 is 0 Å². The van der Waals surface area contributed by atoms with E-state index in [1.807, 2.05) is 31.3 Å². The first kappa shape index (κ1) is 12.9. The summed E-state index contributed by atoms with van der Waals surface area (Å²) in [6.45, 7) is 0. The number of nitrogens with one attached hydrogen (secondary N) is 1. The van der Waals surface area contributed by atoms with Crippen molar-refractivity contribution in [2.24, 2.45) is 0 Å². The molecule has 1 atom stereocenters. The smallest absolute Gasteiger partial charge is 0.0931 e. The summed E-state index contributed by atoms with van der Waals surface area (Å²) in [6, 6.07) is 12.2. The molecule has 17 heavy (non-hydrogen) atoms. The van der Waals surface area contributed by atoms with Gasteiger partial charge in [-0.1, -0.05) is 35.3 Å². The van der Waals surface area contributed by atoms with E-state index in [2.05, 4.69) is 17.4 Å². The molecule has 1 unspecified atom stereocenters. The van der Waals surface area contributed by atoms with Gasteiger partial charge in [-0.15, -0.1) is 11.3 Å². The van der Waals surface area contributed by atoms with Crippen LogP contribution in [0.3, 0.4) is 0 Å². The summed E-state index contributed by atoms with van der Waals surface area (Å²) < 4.78 is 0.825. The molecule has 0 fully saturated rings. The second kappa shape index (κ2) is 5.87. The average molecular weight is 286 g/mol. The van der Waals surface area contributed by atoms with Gasteiger partial charge in [-0.3, -0.25) is 0 Å². The van der Waals surface area contributed by atoms with E-state index >= 15 is 0 Å². The fraction of sp³-hybridized carbons (Fsp3) is 0.231. The highest BCUT2D eigenvalue weighted by atomic mass is 35.5. The molecule has 0 aliphatic carbocycles. The van der Waals surface area contributed by atoms with Crippen molar-refractivity contribution >= 4 is 34.5 Å². The van der Waals surface area contributed by atoms with Gasteiger partial charge >= 0.3 is 0 Å². The van der Waals surface area contributed by atoms with Crippen molar-refractivity contribution in [1.29, 1.82) is 0 Å². The quantitative estimate of drug-likeness (QED) is 0.869. The van der Waals surface area contributed by atoms with Crippen molar-refractivity contribution in [3.05, 3.63) is 56.2 Å². The van der Waals surface area contributed by atoms with E-state index in [-0.39, 0.29) is 6.04 Å². The van der Waals surface area contributed by atoms with Crippen LogP contribution in [0.25, 0.3) is 0 Å². The molecule has 1 heterocycles. The Hall–Kier alpha value is -0.540. The van der Waals surface area contributed by atoms with Crippen LogP contribution in [0.4, 0.5) is 0 Å². The Morgan fingerprint density at radius 2 is 2.06 bits per heavy atom. The fourth-order valence-corrected chi connectivity index (χ4v) is 3.14. The first-order valence-corrected chi connectivity index (χ1v) is 6.93. The van der Waals surface area contributed by atoms with Gasteiger partial charge in [0.1, 0.15) is 0 Å². The molecule has 90 valence electrons. The van der Waals surface area contributed by atoms with Gasteiger partial charge in [0.05, 0.1) is 4.34 Å². The number of hydrogen-bond acceptors (Lipinski definition) is 2. The van der Waals surface area contributed by atoms with Crippen molar-refractivity contribution < 1.29 is 0 Å². The first-order valence-electron chi connectivity index (χ1n) is 5.36. The highest BCUT2D eigenvalue weighted by Crippen LogP contribution is 2.29. The van der Waals surface area contributed by atoms with Gasteiger partial charge < -0.3 is 5.32 Å². The maximum absolute atomic E-state index is 5.98. The molecule has 0 aliphatic heterocycles. The zero-order valence-corrected chi connectivity index (χ0v) is 11.7. The van der Waals surface area contributed by atoms with Crippen LogP contribution in [0.15, 0.2) is 36.4 Å². The van der Waals surface area contributed by atoms with Crippen molar-refractivity contribution in [3.63, 3.8) is 0 Å². The van der Waals surface area contributed by atoms with Gasteiger partial charge in [-0.2, -0.15) is 0 Å². The van der Waals surface area contributed by atoms with Crippen LogP contribution in [0, 0.1) is 0 Å². The topological polar surface area (TPSA) is 12.0 Å². The van der Waals surface area contributed by atoms with Crippen LogP contribution in [0.1, 0.15) is 16.5 Å². The van der Waals surface area contributed by atoms with Gasteiger partial charge in [-0.05, 0) is 43.3 Å². The van der Waals surface area contributed by atoms with Gasteiger partial charge in [-0.25, -0.2) is 0 Å². The third-order valence-corrected chi connectivity index (χ3v) is 4.19. The van der Waals surface area contributed by atoms with Crippen molar-refractivity contribution in [3.8, 4) is 0 Å². The summed E-state index contributed by atoms with van der Waals surface area (Å²) >= 11 is 13.6. The SMILES string of the molecule is CNC(Cc1cccc(Cl)c1)c1ccc(Cl)s1. The Kier molecular flexibility index (Phi) is 4.46. The second-order valence-corrected chi connectivity index (χ2v) is 6.00. The van der Waals surface area contributed by atoms with Crippen LogP contribution in [0.2, 0.25) is 9.36 Å². The third-order valence-electron chi connectivity index (χ3n) is 2.61. The van der Waals surface area contributed by atoms with Crippen LogP contribution in [-0.4, -0.2) is 7.05 Å². The molecule has 0 saturated heterocycles. The molecule has 0 spiro atoms. The number of thiophene rings is 1. The predicted molar refractivity (Wildman–Crippen MR) is 76.3 cm³/mol. The normalized spacial score (nSPS) is 12.6. The second-order valence-electron chi connectivity index (χ2n) is 3.82. The summed E-state index contributed by atoms with van der Waals surface area (Å²) in [5.41, 5.74) is 1.22. The van der Waals surface area contributed by atoms with E-state index in [1.54, 1.807) is 11.3 Å². The van der Waals surface area contributed by atoms with Gasteiger partial charge in [0.15, 0.2) is 0 Å². The number of rotatable bonds is 4. The van der Waals surface area contributed by atoms with Gasteiger partial charge in [0.2, 0.25) is 0 Å². The molecule has 0 aliphatic rings. The summed E-state index contributed by atoms with van der Waals surface area (Å²) in [5.74, 6) is 0. The molecular weight excluding hydrogens is 273 g/mol. The van der Waals surface area contributed by atoms with E-state index in [1.165, 1.54) is 10.4 Å². The maximum atomic E-state index is 5.98. The lowest BCUT2D eigenvalue weighted by Crippen LogP contribution is -2.17. The monoisotopic (exact) mass is 285 g/mol. The molecule has 2 aromatic rings. The minimum Gasteiger partial charge on any atom is -0.312 e. The molecule has 1 N–H and O–H groups in total. The zero-order chi connectivity index (χ0) is 12.3. The minimum atomic E-state index is 0.283. The Morgan fingerprint density at radius 1 is 1.24 bits per heavy atom. The van der Waals surface area contributed by atoms with Crippen molar-refractivity contribution in [2.75, 3.05) is 7.05 Å². The molecule has 0 amide bonds. The number of benzene rings is 1. The molecule has 1 aromatic heterocycles. The number of hydrogen-bond donors (Lipinski definition) is 1. The van der Waals surface area contributed by atoms with E-state index in [9.17, 15) is 0 Å². The number of halogens is 2. The molecule has 1 aromatic carbocycles. The lowest BCUT2D eigenvalue weighted by Gasteiger charge is -2.14. The summed E-state index contributed by atoms with van der Waals surface area (Å²) in [6.07, 6.45) is 0.911. The average Bonchev–Trinajstić information content (AvgIpc) is 2.73. The molecule has 1 nitrogen and oxygen atoms in total. The Labute approximate surface area is 115 Å². The van der Waals surface area contributed by atoms with Crippen LogP contribution in [0.5, 0.6) is 0 Å². The van der Waals surface area contributed by atoms with Gasteiger partial charge in [0, 0.05) is 15.9 Å². The molecule has 2 rings (SSSR count). The molecule has 0 bridgehead atoms. The first-order chi connectivity index (χ1) is 8.19. The highest BCUT2D eigenvalue weighted by Gasteiger charge is 2.12. The molecule has 0 saturated carbocycles. The summed E-state index contributed by atoms with van der Waals surface area (Å²) in [7, 11) is 1.96. The summed E-state index contributed by atoms with van der Waals surface area (Å²) in [5, 5.41) is 4.09.